The summed E-state index contributed by atoms with van der Waals surface area (Å²) in [4.78, 5) is 0. The largest absolute Gasteiger partial charge is 0.505 e. The van der Waals surface area contributed by atoms with Crippen LogP contribution in [0.2, 0.25) is 0 Å². The summed E-state index contributed by atoms with van der Waals surface area (Å²) in [6, 6.07) is 2.98. The molecule has 4 N–H and O–H groups in total. The quantitative estimate of drug-likeness (QED) is 0.638. The van der Waals surface area contributed by atoms with Gasteiger partial charge in [0.15, 0.2) is 11.6 Å². The van der Waals surface area contributed by atoms with Crippen molar-refractivity contribution in [1.29, 1.82) is 5.26 Å². The minimum absolute atomic E-state index is 0.0602. The van der Waals surface area contributed by atoms with Gasteiger partial charge < -0.3 is 15.9 Å². The maximum atomic E-state index is 12.9. The van der Waals surface area contributed by atoms with Crippen molar-refractivity contribution in [3.63, 3.8) is 0 Å². The molecule has 0 unspecified atom stereocenters. The second-order valence-electron chi connectivity index (χ2n) is 2.76. The molecule has 74 valence electrons. The molecule has 4 nitrogen and oxygen atoms in total. The first-order valence-electron chi connectivity index (χ1n) is 3.89. The molecule has 1 aromatic carbocycles. The standard InChI is InChI=1S/C9H9FN2O2/c10-6-2-1-5(3-11)8(9(6)14)7(12)4-13/h1-2,7,13-14H,4,12H2/t7-/m1/s1. The molecule has 0 spiro atoms. The first-order chi connectivity index (χ1) is 6.61. The van der Waals surface area contributed by atoms with E-state index in [1.54, 1.807) is 6.07 Å². The molecule has 0 bridgehead atoms. The molecule has 0 fully saturated rings. The second kappa shape index (κ2) is 4.05. The Morgan fingerprint density at radius 1 is 1.57 bits per heavy atom. The number of aromatic hydroxyl groups is 1. The molecular weight excluding hydrogens is 187 g/mol. The van der Waals surface area contributed by atoms with Crippen LogP contribution in [0.1, 0.15) is 17.2 Å². The van der Waals surface area contributed by atoms with Gasteiger partial charge in [0.05, 0.1) is 24.3 Å². The summed E-state index contributed by atoms with van der Waals surface area (Å²) >= 11 is 0. The molecular formula is C9H9FN2O2. The van der Waals surface area contributed by atoms with E-state index in [1.165, 1.54) is 6.07 Å². The van der Waals surface area contributed by atoms with Gasteiger partial charge >= 0.3 is 0 Å². The molecule has 1 aromatic rings. The monoisotopic (exact) mass is 196 g/mol. The van der Waals surface area contributed by atoms with E-state index in [0.717, 1.165) is 6.07 Å². The zero-order valence-electron chi connectivity index (χ0n) is 7.24. The Morgan fingerprint density at radius 3 is 2.71 bits per heavy atom. The van der Waals surface area contributed by atoms with Crippen LogP contribution in [0.3, 0.4) is 0 Å². The van der Waals surface area contributed by atoms with E-state index in [2.05, 4.69) is 0 Å². The van der Waals surface area contributed by atoms with Crippen LogP contribution < -0.4 is 5.73 Å². The van der Waals surface area contributed by atoms with Crippen LogP contribution in [0.15, 0.2) is 12.1 Å². The van der Waals surface area contributed by atoms with Crippen molar-refractivity contribution in [2.75, 3.05) is 6.61 Å². The average Bonchev–Trinajstić information content (AvgIpc) is 2.20. The molecule has 5 heteroatoms. The van der Waals surface area contributed by atoms with Crippen LogP contribution in [0.4, 0.5) is 4.39 Å². The smallest absolute Gasteiger partial charge is 0.165 e. The Bertz CT molecular complexity index is 387. The average molecular weight is 196 g/mol. The van der Waals surface area contributed by atoms with Crippen molar-refractivity contribution in [3.05, 3.63) is 29.1 Å². The van der Waals surface area contributed by atoms with Gasteiger partial charge in [-0.3, -0.25) is 0 Å². The van der Waals surface area contributed by atoms with Crippen molar-refractivity contribution in [1.82, 2.24) is 0 Å². The maximum absolute atomic E-state index is 12.9. The first-order valence-corrected chi connectivity index (χ1v) is 3.89. The van der Waals surface area contributed by atoms with Crippen LogP contribution in [0, 0.1) is 17.1 Å². The Kier molecular flexibility index (Phi) is 3.02. The molecule has 0 aliphatic heterocycles. The third kappa shape index (κ3) is 1.66. The summed E-state index contributed by atoms with van der Waals surface area (Å²) < 4.78 is 12.9. The molecule has 0 aliphatic carbocycles. The summed E-state index contributed by atoms with van der Waals surface area (Å²) in [6.45, 7) is -0.467. The summed E-state index contributed by atoms with van der Waals surface area (Å²) in [5.74, 6) is -1.53. The lowest BCUT2D eigenvalue weighted by Crippen LogP contribution is -2.16. The highest BCUT2D eigenvalue weighted by atomic mass is 19.1. The lowest BCUT2D eigenvalue weighted by Gasteiger charge is -2.12. The maximum Gasteiger partial charge on any atom is 0.165 e. The number of phenols is 1. The van der Waals surface area contributed by atoms with Crippen LogP contribution in [0.25, 0.3) is 0 Å². The van der Waals surface area contributed by atoms with E-state index >= 15 is 0 Å². The Morgan fingerprint density at radius 2 is 2.21 bits per heavy atom. The number of nitriles is 1. The van der Waals surface area contributed by atoms with Crippen LogP contribution >= 0.6 is 0 Å². The second-order valence-corrected chi connectivity index (χ2v) is 2.76. The molecule has 0 saturated heterocycles. The number of halogens is 1. The van der Waals surface area contributed by atoms with Crippen molar-refractivity contribution in [3.8, 4) is 11.8 Å². The predicted molar refractivity (Wildman–Crippen MR) is 46.8 cm³/mol. The number of benzene rings is 1. The van der Waals surface area contributed by atoms with Crippen molar-refractivity contribution in [2.45, 2.75) is 6.04 Å². The number of aliphatic hydroxyl groups excluding tert-OH is 1. The van der Waals surface area contributed by atoms with E-state index in [0.29, 0.717) is 0 Å². The fraction of sp³-hybridized carbons (Fsp3) is 0.222. The third-order valence-corrected chi connectivity index (χ3v) is 1.86. The molecule has 1 atom stereocenters. The molecule has 0 aliphatic rings. The Balaban J connectivity index is 3.37. The Labute approximate surface area is 80.0 Å². The number of hydrogen-bond donors (Lipinski definition) is 3. The van der Waals surface area contributed by atoms with Gasteiger partial charge in [-0.15, -0.1) is 0 Å². The highest BCUT2D eigenvalue weighted by molar-refractivity contribution is 5.48. The molecule has 0 saturated carbocycles. The molecule has 0 aromatic heterocycles. The number of aliphatic hydroxyl groups is 1. The zero-order valence-corrected chi connectivity index (χ0v) is 7.24. The number of phenolic OH excluding ortho intramolecular Hbond substituents is 1. The van der Waals surface area contributed by atoms with Gasteiger partial charge in [0.2, 0.25) is 0 Å². The summed E-state index contributed by atoms with van der Waals surface area (Å²) in [5.41, 5.74) is 5.41. The van der Waals surface area contributed by atoms with Gasteiger partial charge in [0.1, 0.15) is 0 Å². The van der Waals surface area contributed by atoms with Crippen LogP contribution in [-0.2, 0) is 0 Å². The van der Waals surface area contributed by atoms with E-state index in [1.807, 2.05) is 0 Å². The van der Waals surface area contributed by atoms with E-state index < -0.39 is 24.2 Å². The van der Waals surface area contributed by atoms with E-state index in [9.17, 15) is 9.50 Å². The number of nitrogens with zero attached hydrogens (tertiary/aromatic N) is 1. The van der Waals surface area contributed by atoms with Crippen molar-refractivity contribution in [2.24, 2.45) is 5.73 Å². The number of rotatable bonds is 2. The fourth-order valence-corrected chi connectivity index (χ4v) is 1.15. The predicted octanol–water partition coefficient (Wildman–Crippen LogP) is 0.395. The van der Waals surface area contributed by atoms with Crippen LogP contribution in [-0.4, -0.2) is 16.8 Å². The molecule has 1 rings (SSSR count). The highest BCUT2D eigenvalue weighted by Crippen LogP contribution is 2.28. The van der Waals surface area contributed by atoms with E-state index in [4.69, 9.17) is 16.1 Å². The lowest BCUT2D eigenvalue weighted by atomic mass is 10.0. The minimum Gasteiger partial charge on any atom is -0.505 e. The van der Waals surface area contributed by atoms with Gasteiger partial charge in [0, 0.05) is 5.56 Å². The SMILES string of the molecule is N#Cc1ccc(F)c(O)c1[C@H](N)CO. The third-order valence-electron chi connectivity index (χ3n) is 1.86. The fourth-order valence-electron chi connectivity index (χ4n) is 1.15. The zero-order chi connectivity index (χ0) is 10.7. The first kappa shape index (κ1) is 10.4. The lowest BCUT2D eigenvalue weighted by molar-refractivity contribution is 0.264. The van der Waals surface area contributed by atoms with Gasteiger partial charge in [0.25, 0.3) is 0 Å². The number of hydrogen-bond acceptors (Lipinski definition) is 4. The molecule has 14 heavy (non-hydrogen) atoms. The molecule has 0 amide bonds. The van der Waals surface area contributed by atoms with Crippen molar-refractivity contribution >= 4 is 0 Å². The summed E-state index contributed by atoms with van der Waals surface area (Å²) in [6.07, 6.45) is 0. The summed E-state index contributed by atoms with van der Waals surface area (Å²) in [7, 11) is 0. The number of nitrogens with two attached hydrogens (primary N) is 1. The van der Waals surface area contributed by atoms with E-state index in [-0.39, 0.29) is 11.1 Å². The molecule has 0 heterocycles. The van der Waals surface area contributed by atoms with Gasteiger partial charge in [-0.2, -0.15) is 5.26 Å². The minimum atomic E-state index is -0.958. The van der Waals surface area contributed by atoms with Crippen molar-refractivity contribution < 1.29 is 14.6 Å². The molecule has 0 radical (unpaired) electrons. The normalized spacial score (nSPS) is 12.1. The summed E-state index contributed by atoms with van der Waals surface area (Å²) in [5, 5.41) is 26.7. The topological polar surface area (TPSA) is 90.3 Å². The Hall–Kier alpha value is -1.64. The van der Waals surface area contributed by atoms with Gasteiger partial charge in [-0.1, -0.05) is 0 Å². The van der Waals surface area contributed by atoms with Gasteiger partial charge in [-0.05, 0) is 12.1 Å². The van der Waals surface area contributed by atoms with Gasteiger partial charge in [-0.25, -0.2) is 4.39 Å². The van der Waals surface area contributed by atoms with Crippen LogP contribution in [0.5, 0.6) is 5.75 Å². The highest BCUT2D eigenvalue weighted by Gasteiger charge is 2.18.